The molecule has 0 fully saturated rings. The van der Waals surface area contributed by atoms with Gasteiger partial charge in [-0.25, -0.2) is 0 Å². The summed E-state index contributed by atoms with van der Waals surface area (Å²) in [5.41, 5.74) is 0. The average Bonchev–Trinajstić information content (AvgIpc) is 3.08. The molecule has 0 saturated heterocycles. The predicted molar refractivity (Wildman–Crippen MR) is 281 cm³/mol. The van der Waals surface area contributed by atoms with E-state index in [0.717, 1.165) is 25.3 Å². The van der Waals surface area contributed by atoms with E-state index in [9.17, 15) is 0 Å². The van der Waals surface area contributed by atoms with Crippen LogP contribution in [0.3, 0.4) is 0 Å². The number of hydrogen-bond donors (Lipinski definition) is 0. The van der Waals surface area contributed by atoms with Crippen molar-refractivity contribution >= 4 is 51.1 Å². The van der Waals surface area contributed by atoms with Crippen molar-refractivity contribution in [2.24, 2.45) is 0 Å². The fraction of sp³-hybridized carbons (Fsp3) is 0.955. The zero-order chi connectivity index (χ0) is 47.2. The van der Waals surface area contributed by atoms with Crippen LogP contribution in [0.5, 0.6) is 0 Å². The molecule has 0 radical (unpaired) electrons. The van der Waals surface area contributed by atoms with Crippen LogP contribution in [0.1, 0.15) is 75.7 Å². The molecule has 0 aromatic heterocycles. The Morgan fingerprint density at radius 2 is 0.887 bits per heavy atom. The van der Waals surface area contributed by atoms with Crippen LogP contribution in [0.25, 0.3) is 0 Å². The minimum absolute atomic E-state index is 0. The standard InChI is InChI=1S/C21H50O6Si3.C14H28O4.C7H22O2Si3.2CH4/c1-12-21(22-4)18-25-20(3)17-23-14-15-24-19(2)13-16-30(11,26-28(5,6)7)27-29(8,9)10;1-6-12(3)17-9-8-16-10-13(4)18-11-14(7-2)15-5;1-10(8-11(2,3)4)9-12(5,6)7;;/h19-21H,12-18H2,1-11H3;6,12-14H,1,7-11H2,2-5H3;10H,1-7H3;2*1H4. The highest BCUT2D eigenvalue weighted by molar-refractivity contribution is 6.87. The topological polar surface area (TPSA) is 111 Å². The molecule has 0 rings (SSSR count). The normalized spacial score (nSPS) is 15.4. The van der Waals surface area contributed by atoms with Gasteiger partial charge in [-0.3, -0.25) is 0 Å². The van der Waals surface area contributed by atoms with E-state index in [-0.39, 0.29) is 51.5 Å². The van der Waals surface area contributed by atoms with Crippen molar-refractivity contribution in [1.29, 1.82) is 0 Å². The Kier molecular flexibility index (Phi) is 44.5. The van der Waals surface area contributed by atoms with Gasteiger partial charge in [0.25, 0.3) is 9.28 Å². The van der Waals surface area contributed by atoms with E-state index < -0.39 is 51.1 Å². The number of hydrogen-bond acceptors (Lipinski definition) is 12. The Balaban J connectivity index is -0.000000287. The van der Waals surface area contributed by atoms with Crippen LogP contribution in [0.15, 0.2) is 12.7 Å². The zero-order valence-electron chi connectivity index (χ0n) is 43.2. The molecule has 0 saturated carbocycles. The first-order chi connectivity index (χ1) is 27.4. The predicted octanol–water partition coefficient (Wildman–Crippen LogP) is 11.6. The Bertz CT molecular complexity index is 969. The summed E-state index contributed by atoms with van der Waals surface area (Å²) in [6.07, 6.45) is 5.31. The lowest BCUT2D eigenvalue weighted by Crippen LogP contribution is -2.52. The molecule has 0 N–H and O–H groups in total. The molecule has 0 aliphatic rings. The van der Waals surface area contributed by atoms with E-state index in [4.69, 9.17) is 54.4 Å². The largest absolute Gasteiger partial charge is 0.439 e. The van der Waals surface area contributed by atoms with Crippen LogP contribution < -0.4 is 0 Å². The number of methoxy groups -OCH3 is 2. The van der Waals surface area contributed by atoms with Crippen molar-refractivity contribution in [3.05, 3.63) is 12.7 Å². The molecule has 0 aromatic rings. The molecule has 0 spiro atoms. The molecule has 0 heterocycles. The molecule has 0 bridgehead atoms. The van der Waals surface area contributed by atoms with Crippen molar-refractivity contribution in [3.63, 3.8) is 0 Å². The first-order valence-electron chi connectivity index (χ1n) is 22.5. The number of rotatable bonds is 34. The molecule has 0 aliphatic heterocycles. The summed E-state index contributed by atoms with van der Waals surface area (Å²) in [7, 11) is -6.12. The Labute approximate surface area is 393 Å². The molecule has 18 heteroatoms. The van der Waals surface area contributed by atoms with Crippen molar-refractivity contribution in [2.45, 2.75) is 210 Å². The Morgan fingerprint density at radius 3 is 1.19 bits per heavy atom. The molecule has 0 aliphatic carbocycles. The third-order valence-corrected chi connectivity index (χ3v) is 25.9. The van der Waals surface area contributed by atoms with Gasteiger partial charge in [0.15, 0.2) is 33.3 Å². The van der Waals surface area contributed by atoms with Crippen LogP contribution in [-0.2, 0) is 54.4 Å². The summed E-state index contributed by atoms with van der Waals surface area (Å²) >= 11 is 0. The third-order valence-electron chi connectivity index (χ3n) is 8.07. The summed E-state index contributed by atoms with van der Waals surface area (Å²) in [6, 6.07) is 0.965. The maximum Gasteiger partial charge on any atom is 0.314 e. The second kappa shape index (κ2) is 38.5. The summed E-state index contributed by atoms with van der Waals surface area (Å²) in [6.45, 7) is 51.7. The maximum absolute atomic E-state index is 6.56. The van der Waals surface area contributed by atoms with E-state index in [1.165, 1.54) is 0 Å². The lowest BCUT2D eigenvalue weighted by Gasteiger charge is -2.39. The summed E-state index contributed by atoms with van der Waals surface area (Å²) in [5.74, 6) is 0. The lowest BCUT2D eigenvalue weighted by molar-refractivity contribution is -0.0620. The smallest absolute Gasteiger partial charge is 0.314 e. The fourth-order valence-corrected chi connectivity index (χ4v) is 26.7. The van der Waals surface area contributed by atoms with Crippen molar-refractivity contribution in [1.82, 2.24) is 0 Å². The highest BCUT2D eigenvalue weighted by Gasteiger charge is 2.40. The second-order valence-corrected chi connectivity index (χ2v) is 43.9. The van der Waals surface area contributed by atoms with Gasteiger partial charge >= 0.3 is 8.56 Å². The van der Waals surface area contributed by atoms with Gasteiger partial charge in [-0.15, -0.1) is 6.58 Å². The quantitative estimate of drug-likeness (QED) is 0.0348. The summed E-state index contributed by atoms with van der Waals surface area (Å²) in [5, 5.41) is 0. The molecular weight excluding hydrogens is 889 g/mol. The molecule has 0 aromatic carbocycles. The second-order valence-electron chi connectivity index (χ2n) is 19.6. The molecule has 380 valence electrons. The first kappa shape index (κ1) is 71.6. The molecule has 62 heavy (non-hydrogen) atoms. The van der Waals surface area contributed by atoms with Crippen molar-refractivity contribution in [3.8, 4) is 0 Å². The van der Waals surface area contributed by atoms with Gasteiger partial charge < -0.3 is 54.4 Å². The van der Waals surface area contributed by atoms with Crippen molar-refractivity contribution < 1.29 is 54.4 Å². The summed E-state index contributed by atoms with van der Waals surface area (Å²) < 4.78 is 69.4. The van der Waals surface area contributed by atoms with Crippen LogP contribution in [0.4, 0.5) is 0 Å². The van der Waals surface area contributed by atoms with Gasteiger partial charge in [-0.1, -0.05) is 34.8 Å². The molecular formula is C44H108O12Si6. The van der Waals surface area contributed by atoms with Gasteiger partial charge in [-0.05, 0) is 145 Å². The van der Waals surface area contributed by atoms with E-state index in [0.29, 0.717) is 52.9 Å². The van der Waals surface area contributed by atoms with Gasteiger partial charge in [0.05, 0.1) is 89.5 Å². The molecule has 6 unspecified atom stereocenters. The van der Waals surface area contributed by atoms with E-state index in [2.05, 4.69) is 119 Å². The number of ether oxygens (including phenoxy) is 8. The zero-order valence-corrected chi connectivity index (χ0v) is 49.4. The maximum atomic E-state index is 6.56. The van der Waals surface area contributed by atoms with E-state index in [1.54, 1.807) is 20.3 Å². The minimum Gasteiger partial charge on any atom is -0.439 e. The van der Waals surface area contributed by atoms with Crippen LogP contribution in [-0.4, -0.2) is 155 Å². The Morgan fingerprint density at radius 1 is 0.516 bits per heavy atom. The van der Waals surface area contributed by atoms with Gasteiger partial charge in [0.2, 0.25) is 0 Å². The van der Waals surface area contributed by atoms with Crippen LogP contribution in [0, 0.1) is 0 Å². The van der Waals surface area contributed by atoms with Crippen LogP contribution >= 0.6 is 0 Å². The lowest BCUT2D eigenvalue weighted by atomic mass is 10.3. The van der Waals surface area contributed by atoms with E-state index in [1.807, 2.05) is 20.8 Å². The molecule has 0 amide bonds. The highest BCUT2D eigenvalue weighted by atomic mass is 28.5. The average molecular weight is 998 g/mol. The minimum atomic E-state index is -2.19. The van der Waals surface area contributed by atoms with Crippen molar-refractivity contribution in [2.75, 3.05) is 67.1 Å². The summed E-state index contributed by atoms with van der Waals surface area (Å²) in [4.78, 5) is 0. The highest BCUT2D eigenvalue weighted by Crippen LogP contribution is 2.26. The molecule has 6 atom stereocenters. The van der Waals surface area contributed by atoms with Gasteiger partial charge in [0.1, 0.15) is 0 Å². The first-order valence-corrected chi connectivity index (χ1v) is 40.7. The van der Waals surface area contributed by atoms with Crippen LogP contribution in [0.2, 0.25) is 97.7 Å². The monoisotopic (exact) mass is 997 g/mol. The SMILES string of the molecule is C.C.C=CC(C)OCCOCC(C)OCC(CC)OC.CCC(COC(C)COCCOC(C)CC[Si](C)(O[Si](C)(C)C)O[Si](C)(C)C)OC.C[SiH](O[Si](C)(C)C)O[Si](C)(C)C. The van der Waals surface area contributed by atoms with Gasteiger partial charge in [-0.2, -0.15) is 0 Å². The fourth-order valence-electron chi connectivity index (χ4n) is 5.50. The molecule has 12 nitrogen and oxygen atoms in total. The van der Waals surface area contributed by atoms with E-state index >= 15 is 0 Å². The third kappa shape index (κ3) is 51.5. The van der Waals surface area contributed by atoms with Gasteiger partial charge in [0, 0.05) is 14.2 Å². The Hall–Kier alpha value is 0.561.